The summed E-state index contributed by atoms with van der Waals surface area (Å²) in [6.45, 7) is 2.65. The predicted octanol–water partition coefficient (Wildman–Crippen LogP) is 2.03. The van der Waals surface area contributed by atoms with E-state index in [2.05, 4.69) is 15.6 Å². The van der Waals surface area contributed by atoms with E-state index in [1.165, 1.54) is 0 Å². The molecule has 2 aliphatic heterocycles. The molecule has 1 unspecified atom stereocenters. The molecule has 0 spiro atoms. The maximum atomic E-state index is 12.3. The van der Waals surface area contributed by atoms with Gasteiger partial charge in [0.05, 0.1) is 5.69 Å². The second-order valence-electron chi connectivity index (χ2n) is 6.25. The summed E-state index contributed by atoms with van der Waals surface area (Å²) < 4.78 is 5.76. The zero-order valence-electron chi connectivity index (χ0n) is 14.2. The minimum absolute atomic E-state index is 0.0563. The van der Waals surface area contributed by atoms with Gasteiger partial charge in [-0.1, -0.05) is 24.3 Å². The molecule has 1 fully saturated rings. The molecule has 0 aliphatic carbocycles. The van der Waals surface area contributed by atoms with Gasteiger partial charge in [-0.2, -0.15) is 0 Å². The zero-order chi connectivity index (χ0) is 18.1. The molecule has 4 rings (SSSR count). The van der Waals surface area contributed by atoms with Crippen molar-refractivity contribution in [3.8, 4) is 5.75 Å². The summed E-state index contributed by atoms with van der Waals surface area (Å²) in [7, 11) is 0. The Morgan fingerprint density at radius 1 is 1.23 bits per heavy atom. The number of carbonyl (C=O) groups is 2. The van der Waals surface area contributed by atoms with E-state index in [9.17, 15) is 9.59 Å². The minimum atomic E-state index is -0.660. The number of para-hydroxylation sites is 1. The third-order valence-electron chi connectivity index (χ3n) is 4.25. The molecule has 0 aromatic heterocycles. The number of benzene rings is 2. The first kappa shape index (κ1) is 16.1. The topological polar surface area (TPSA) is 83.0 Å². The molecule has 2 aliphatic rings. The van der Waals surface area contributed by atoms with E-state index < -0.39 is 6.10 Å². The van der Waals surface area contributed by atoms with E-state index in [0.29, 0.717) is 24.8 Å². The van der Waals surface area contributed by atoms with Crippen LogP contribution >= 0.6 is 0 Å². The van der Waals surface area contributed by atoms with Crippen molar-refractivity contribution in [3.05, 3.63) is 54.1 Å². The van der Waals surface area contributed by atoms with Crippen molar-refractivity contribution >= 4 is 29.1 Å². The van der Waals surface area contributed by atoms with Crippen molar-refractivity contribution in [3.63, 3.8) is 0 Å². The predicted molar refractivity (Wildman–Crippen MR) is 97.3 cm³/mol. The van der Waals surface area contributed by atoms with Crippen LogP contribution in [0.4, 0.5) is 11.4 Å². The van der Waals surface area contributed by atoms with E-state index in [4.69, 9.17) is 4.74 Å². The molecule has 0 radical (unpaired) electrons. The molecule has 0 saturated carbocycles. The first-order chi connectivity index (χ1) is 12.6. The van der Waals surface area contributed by atoms with E-state index in [0.717, 1.165) is 16.9 Å². The summed E-state index contributed by atoms with van der Waals surface area (Å²) in [5.74, 6) is 0.838. The molecule has 1 saturated heterocycles. The number of nitrogens with zero attached hydrogens (tertiary/aromatic N) is 2. The van der Waals surface area contributed by atoms with Gasteiger partial charge in [0.1, 0.15) is 12.3 Å². The highest BCUT2D eigenvalue weighted by molar-refractivity contribution is 6.05. The molecule has 1 atom stereocenters. The number of aliphatic imine (C=N–C) groups is 1. The van der Waals surface area contributed by atoms with Crippen LogP contribution < -0.4 is 15.4 Å². The van der Waals surface area contributed by atoms with Crippen LogP contribution in [0.3, 0.4) is 0 Å². The Labute approximate surface area is 150 Å². The number of guanidine groups is 1. The molecular weight excluding hydrogens is 332 g/mol. The SMILES string of the molecule is CC(Oc1ccc2c(c1)N=C1NC(=O)CN1C2)C(=O)Nc1ccccc1. The lowest BCUT2D eigenvalue weighted by Gasteiger charge is -2.23. The summed E-state index contributed by atoms with van der Waals surface area (Å²) in [6, 6.07) is 14.8. The number of nitrogens with one attached hydrogen (secondary N) is 2. The van der Waals surface area contributed by atoms with Crippen molar-refractivity contribution < 1.29 is 14.3 Å². The summed E-state index contributed by atoms with van der Waals surface area (Å²) in [6.07, 6.45) is -0.660. The maximum absolute atomic E-state index is 12.3. The van der Waals surface area contributed by atoms with E-state index in [1.807, 2.05) is 47.4 Å². The third kappa shape index (κ3) is 3.23. The number of fused-ring (bicyclic) bond motifs is 2. The van der Waals surface area contributed by atoms with E-state index >= 15 is 0 Å². The lowest BCUT2D eigenvalue weighted by molar-refractivity contribution is -0.122. The standard InChI is InChI=1S/C19H18N4O3/c1-12(18(25)20-14-5-3-2-4-6-14)26-15-8-7-13-10-23-11-17(24)22-19(23)21-16(13)9-15/h2-9,12H,10-11H2,1H3,(H,20,25)(H,21,22,24). The first-order valence-electron chi connectivity index (χ1n) is 8.37. The Balaban J connectivity index is 1.46. The lowest BCUT2D eigenvalue weighted by Crippen LogP contribution is -2.32. The molecule has 2 heterocycles. The number of hydrogen-bond acceptors (Lipinski definition) is 5. The van der Waals surface area contributed by atoms with E-state index in [-0.39, 0.29) is 11.8 Å². The van der Waals surface area contributed by atoms with Gasteiger partial charge in [-0.15, -0.1) is 0 Å². The minimum Gasteiger partial charge on any atom is -0.481 e. The number of rotatable bonds is 4. The van der Waals surface area contributed by atoms with Gasteiger partial charge in [-0.25, -0.2) is 4.99 Å². The summed E-state index contributed by atoms with van der Waals surface area (Å²) >= 11 is 0. The molecule has 2 aromatic rings. The number of ether oxygens (including phenoxy) is 1. The van der Waals surface area contributed by atoms with Gasteiger partial charge in [-0.05, 0) is 30.7 Å². The van der Waals surface area contributed by atoms with Crippen molar-refractivity contribution in [2.24, 2.45) is 4.99 Å². The van der Waals surface area contributed by atoms with Crippen molar-refractivity contribution in [2.45, 2.75) is 19.6 Å². The van der Waals surface area contributed by atoms with Crippen LogP contribution in [0.15, 0.2) is 53.5 Å². The first-order valence-corrected chi connectivity index (χ1v) is 8.37. The highest BCUT2D eigenvalue weighted by Gasteiger charge is 2.29. The van der Waals surface area contributed by atoms with Gasteiger partial charge in [0.2, 0.25) is 11.9 Å². The van der Waals surface area contributed by atoms with Gasteiger partial charge in [0.25, 0.3) is 5.91 Å². The highest BCUT2D eigenvalue weighted by Crippen LogP contribution is 2.31. The molecule has 132 valence electrons. The van der Waals surface area contributed by atoms with Gasteiger partial charge in [-0.3, -0.25) is 14.9 Å². The zero-order valence-corrected chi connectivity index (χ0v) is 14.2. The van der Waals surface area contributed by atoms with Gasteiger partial charge in [0.15, 0.2) is 6.10 Å². The Hall–Kier alpha value is -3.35. The van der Waals surface area contributed by atoms with Crippen molar-refractivity contribution in [1.82, 2.24) is 10.2 Å². The summed E-state index contributed by atoms with van der Waals surface area (Å²) in [5, 5.41) is 5.55. The van der Waals surface area contributed by atoms with Crippen LogP contribution in [0.5, 0.6) is 5.75 Å². The van der Waals surface area contributed by atoms with Gasteiger partial charge < -0.3 is 15.0 Å². The maximum Gasteiger partial charge on any atom is 0.265 e. The average Bonchev–Trinajstić information content (AvgIpc) is 2.99. The molecule has 2 N–H and O–H groups in total. The Bertz CT molecular complexity index is 895. The molecule has 7 nitrogen and oxygen atoms in total. The van der Waals surface area contributed by atoms with Crippen molar-refractivity contribution in [2.75, 3.05) is 11.9 Å². The van der Waals surface area contributed by atoms with Crippen LogP contribution in [-0.4, -0.2) is 35.3 Å². The largest absolute Gasteiger partial charge is 0.481 e. The Morgan fingerprint density at radius 2 is 2.04 bits per heavy atom. The molecule has 0 bridgehead atoms. The second kappa shape index (κ2) is 6.51. The number of amides is 2. The molecule has 26 heavy (non-hydrogen) atoms. The third-order valence-corrected chi connectivity index (χ3v) is 4.25. The summed E-state index contributed by atoms with van der Waals surface area (Å²) in [4.78, 5) is 30.1. The van der Waals surface area contributed by atoms with Gasteiger partial charge in [0, 0.05) is 18.3 Å². The Kier molecular flexibility index (Phi) is 4.04. The van der Waals surface area contributed by atoms with Crippen LogP contribution in [-0.2, 0) is 16.1 Å². The van der Waals surface area contributed by atoms with Crippen LogP contribution in [0, 0.1) is 0 Å². The van der Waals surface area contributed by atoms with Crippen LogP contribution in [0.25, 0.3) is 0 Å². The lowest BCUT2D eigenvalue weighted by atomic mass is 10.1. The molecular formula is C19H18N4O3. The van der Waals surface area contributed by atoms with Gasteiger partial charge >= 0.3 is 0 Å². The van der Waals surface area contributed by atoms with E-state index in [1.54, 1.807) is 13.0 Å². The normalized spacial score (nSPS) is 16.1. The second-order valence-corrected chi connectivity index (χ2v) is 6.25. The fraction of sp³-hybridized carbons (Fsp3) is 0.211. The Morgan fingerprint density at radius 3 is 2.85 bits per heavy atom. The fourth-order valence-electron chi connectivity index (χ4n) is 2.92. The number of hydrogen-bond donors (Lipinski definition) is 2. The molecule has 2 amide bonds. The summed E-state index contributed by atoms with van der Waals surface area (Å²) in [5.41, 5.74) is 2.48. The van der Waals surface area contributed by atoms with Crippen LogP contribution in [0.1, 0.15) is 12.5 Å². The fourth-order valence-corrected chi connectivity index (χ4v) is 2.92. The number of anilines is 1. The van der Waals surface area contributed by atoms with Crippen molar-refractivity contribution in [1.29, 1.82) is 0 Å². The average molecular weight is 350 g/mol. The monoisotopic (exact) mass is 350 g/mol. The highest BCUT2D eigenvalue weighted by atomic mass is 16.5. The quantitative estimate of drug-likeness (QED) is 0.884. The number of carbonyl (C=O) groups excluding carboxylic acids is 2. The van der Waals surface area contributed by atoms with Crippen LogP contribution in [0.2, 0.25) is 0 Å². The molecule has 2 aromatic carbocycles. The molecule has 7 heteroatoms. The smallest absolute Gasteiger partial charge is 0.265 e.